The van der Waals surface area contributed by atoms with Crippen molar-refractivity contribution in [2.45, 2.75) is 11.1 Å². The van der Waals surface area contributed by atoms with Crippen molar-refractivity contribution in [2.75, 3.05) is 11.5 Å². The van der Waals surface area contributed by atoms with Gasteiger partial charge in [-0.3, -0.25) is 0 Å². The molecule has 30 heavy (non-hydrogen) atoms. The van der Waals surface area contributed by atoms with Gasteiger partial charge in [-0.15, -0.1) is 0 Å². The average molecular weight is 454 g/mol. The van der Waals surface area contributed by atoms with Crippen LogP contribution < -0.4 is 9.09 Å². The second-order valence-corrected chi connectivity index (χ2v) is 7.82. The van der Waals surface area contributed by atoms with Gasteiger partial charge in [0.2, 0.25) is 11.7 Å². The normalized spacial score (nSPS) is 12.3. The first-order valence-corrected chi connectivity index (χ1v) is 9.58. The van der Waals surface area contributed by atoms with E-state index in [-0.39, 0.29) is 4.90 Å². The highest BCUT2D eigenvalue weighted by Gasteiger charge is 2.33. The molecule has 13 heteroatoms. The first-order valence-electron chi connectivity index (χ1n) is 8.14. The Labute approximate surface area is 167 Å². The third kappa shape index (κ3) is 5.84. The van der Waals surface area contributed by atoms with Crippen LogP contribution in [-0.4, -0.2) is 22.7 Å². The van der Waals surface area contributed by atoms with Crippen LogP contribution in [-0.2, 0) is 16.2 Å². The van der Waals surface area contributed by atoms with Crippen molar-refractivity contribution in [2.24, 2.45) is 0 Å². The first kappa shape index (κ1) is 23.5. The molecule has 4 nitrogen and oxygen atoms in total. The Bertz CT molecular complexity index is 1110. The SMILES string of the molecule is CN([n+]1cccc2ccccc21)S(=O)(=O)c1ccc(C(F)(F)F)cc1.F[B-](F)(F)F. The van der Waals surface area contributed by atoms with Gasteiger partial charge in [-0.1, -0.05) is 21.2 Å². The minimum Gasteiger partial charge on any atom is -0.418 e. The third-order valence-corrected chi connectivity index (χ3v) is 5.56. The van der Waals surface area contributed by atoms with Crippen LogP contribution in [0.25, 0.3) is 10.9 Å². The summed E-state index contributed by atoms with van der Waals surface area (Å²) in [5.74, 6) is 0. The summed E-state index contributed by atoms with van der Waals surface area (Å²) in [5, 5.41) is 0.833. The van der Waals surface area contributed by atoms with E-state index in [2.05, 4.69) is 0 Å². The van der Waals surface area contributed by atoms with Gasteiger partial charge in [0, 0.05) is 17.5 Å². The molecular formula is C17H14BF7N2O2S. The zero-order valence-electron chi connectivity index (χ0n) is 15.2. The van der Waals surface area contributed by atoms with E-state index < -0.39 is 29.0 Å². The average Bonchev–Trinajstić information content (AvgIpc) is 2.65. The molecule has 0 unspecified atom stereocenters. The second-order valence-electron chi connectivity index (χ2n) is 5.87. The lowest BCUT2D eigenvalue weighted by atomic mass is 10.2. The van der Waals surface area contributed by atoms with Gasteiger partial charge in [0.15, 0.2) is 0 Å². The van der Waals surface area contributed by atoms with Gasteiger partial charge in [0.1, 0.15) is 0 Å². The molecule has 162 valence electrons. The van der Waals surface area contributed by atoms with E-state index >= 15 is 0 Å². The Kier molecular flexibility index (Phi) is 6.65. The van der Waals surface area contributed by atoms with Crippen molar-refractivity contribution in [1.29, 1.82) is 0 Å². The molecule has 0 spiro atoms. The van der Waals surface area contributed by atoms with E-state index in [4.69, 9.17) is 0 Å². The standard InChI is InChI=1S/C17H14F3N2O2S.BF4/c1-21(22-12-4-6-13-5-2-3-7-16(13)22)25(23,24)15-10-8-14(9-11-15)17(18,19)20;2-1(3,4)5/h2-12H,1H3;/q+1;-1. The van der Waals surface area contributed by atoms with Crippen LogP contribution in [0.4, 0.5) is 30.4 Å². The van der Waals surface area contributed by atoms with E-state index in [0.29, 0.717) is 5.52 Å². The van der Waals surface area contributed by atoms with Crippen molar-refractivity contribution >= 4 is 28.2 Å². The Hall–Kier alpha value is -2.83. The lowest BCUT2D eigenvalue weighted by Gasteiger charge is -2.15. The molecule has 0 bridgehead atoms. The van der Waals surface area contributed by atoms with Gasteiger partial charge in [-0.2, -0.15) is 21.6 Å². The molecule has 0 saturated carbocycles. The first-order chi connectivity index (χ1) is 13.7. The van der Waals surface area contributed by atoms with E-state index in [1.807, 2.05) is 18.2 Å². The zero-order valence-corrected chi connectivity index (χ0v) is 16.0. The number of fused-ring (bicyclic) bond motifs is 1. The second kappa shape index (κ2) is 8.50. The van der Waals surface area contributed by atoms with Crippen LogP contribution in [0.15, 0.2) is 71.8 Å². The van der Waals surface area contributed by atoms with Crippen molar-refractivity contribution < 1.29 is 43.5 Å². The molecule has 0 aliphatic heterocycles. The predicted molar refractivity (Wildman–Crippen MR) is 97.1 cm³/mol. The monoisotopic (exact) mass is 454 g/mol. The minimum absolute atomic E-state index is 0.219. The Morgan fingerprint density at radius 3 is 1.90 bits per heavy atom. The topological polar surface area (TPSA) is 41.3 Å². The van der Waals surface area contributed by atoms with Gasteiger partial charge >= 0.3 is 23.5 Å². The number of alkyl halides is 3. The number of hydrogen-bond donors (Lipinski definition) is 0. The number of halogens is 7. The fourth-order valence-electron chi connectivity index (χ4n) is 2.48. The van der Waals surface area contributed by atoms with Crippen molar-refractivity contribution in [3.8, 4) is 0 Å². The van der Waals surface area contributed by atoms with E-state index in [1.54, 1.807) is 24.4 Å². The summed E-state index contributed by atoms with van der Waals surface area (Å²) in [6.45, 7) is 0. The molecule has 0 aliphatic rings. The number of aromatic nitrogens is 1. The highest BCUT2D eigenvalue weighted by atomic mass is 32.2. The summed E-state index contributed by atoms with van der Waals surface area (Å²) in [6.07, 6.45) is -2.94. The summed E-state index contributed by atoms with van der Waals surface area (Å²) < 4.78 is 105. The maximum atomic E-state index is 12.8. The molecule has 0 radical (unpaired) electrons. The molecule has 3 aromatic rings. The molecule has 3 rings (SSSR count). The maximum absolute atomic E-state index is 12.8. The predicted octanol–water partition coefficient (Wildman–Crippen LogP) is 4.40. The summed E-state index contributed by atoms with van der Waals surface area (Å²) in [5.41, 5.74) is -0.241. The van der Waals surface area contributed by atoms with Gasteiger partial charge in [-0.25, -0.2) is 0 Å². The molecule has 0 saturated heterocycles. The zero-order chi connectivity index (χ0) is 22.7. The van der Waals surface area contributed by atoms with E-state index in [0.717, 1.165) is 34.1 Å². The fraction of sp³-hybridized carbons (Fsp3) is 0.118. The number of nitrogens with zero attached hydrogens (tertiary/aromatic N) is 2. The molecule has 2 aromatic carbocycles. The molecule has 0 atom stereocenters. The molecule has 0 aliphatic carbocycles. The van der Waals surface area contributed by atoms with E-state index in [9.17, 15) is 38.9 Å². The van der Waals surface area contributed by atoms with E-state index in [1.165, 1.54) is 11.7 Å². The minimum atomic E-state index is -6.00. The van der Waals surface area contributed by atoms with Crippen molar-refractivity contribution in [3.63, 3.8) is 0 Å². The lowest BCUT2D eigenvalue weighted by molar-refractivity contribution is -0.647. The van der Waals surface area contributed by atoms with Crippen LogP contribution in [0, 0.1) is 0 Å². The molecule has 0 N–H and O–H groups in total. The molecule has 1 aromatic heterocycles. The smallest absolute Gasteiger partial charge is 0.418 e. The van der Waals surface area contributed by atoms with Gasteiger partial charge < -0.3 is 17.3 Å². The highest BCUT2D eigenvalue weighted by molar-refractivity contribution is 7.92. The molecule has 1 heterocycles. The fourth-order valence-corrected chi connectivity index (χ4v) is 3.63. The van der Waals surface area contributed by atoms with Gasteiger partial charge in [0.05, 0.1) is 17.5 Å². The van der Waals surface area contributed by atoms with Crippen molar-refractivity contribution in [3.05, 3.63) is 72.4 Å². The number of benzene rings is 2. The number of para-hydroxylation sites is 1. The Balaban J connectivity index is 0.000000575. The number of rotatable bonds is 3. The third-order valence-electron chi connectivity index (χ3n) is 3.82. The molecule has 0 fully saturated rings. The summed E-state index contributed by atoms with van der Waals surface area (Å²) in [4.78, 5) is -0.219. The quantitative estimate of drug-likeness (QED) is 0.335. The van der Waals surface area contributed by atoms with Crippen LogP contribution in [0.2, 0.25) is 0 Å². The molecular weight excluding hydrogens is 440 g/mol. The Morgan fingerprint density at radius 2 is 1.37 bits per heavy atom. The van der Waals surface area contributed by atoms with Gasteiger partial charge in [-0.05, 0) is 36.4 Å². The van der Waals surface area contributed by atoms with Crippen molar-refractivity contribution in [1.82, 2.24) is 0 Å². The number of pyridine rings is 1. The lowest BCUT2D eigenvalue weighted by Crippen LogP contribution is -2.58. The summed E-state index contributed by atoms with van der Waals surface area (Å²) in [6, 6.07) is 14.2. The highest BCUT2D eigenvalue weighted by Crippen LogP contribution is 2.29. The van der Waals surface area contributed by atoms with Gasteiger partial charge in [0.25, 0.3) is 0 Å². The number of sulfonamides is 1. The number of hydrogen-bond acceptors (Lipinski definition) is 2. The summed E-state index contributed by atoms with van der Waals surface area (Å²) >= 11 is 0. The maximum Gasteiger partial charge on any atom is 0.673 e. The largest absolute Gasteiger partial charge is 0.673 e. The van der Waals surface area contributed by atoms with Crippen LogP contribution in [0.1, 0.15) is 5.56 Å². The Morgan fingerprint density at radius 1 is 0.867 bits per heavy atom. The van der Waals surface area contributed by atoms with Crippen LogP contribution in [0.3, 0.4) is 0 Å². The van der Waals surface area contributed by atoms with Crippen LogP contribution in [0.5, 0.6) is 0 Å². The van der Waals surface area contributed by atoms with Crippen LogP contribution >= 0.6 is 0 Å². The summed E-state index contributed by atoms with van der Waals surface area (Å²) in [7, 11) is -8.67. The molecule has 0 amide bonds.